The first-order chi connectivity index (χ1) is 9.61. The minimum Gasteiger partial charge on any atom is -0.489 e. The van der Waals surface area contributed by atoms with Gasteiger partial charge in [-0.15, -0.1) is 0 Å². The van der Waals surface area contributed by atoms with E-state index in [-0.39, 0.29) is 0 Å². The van der Waals surface area contributed by atoms with Crippen LogP contribution in [0.15, 0.2) is 36.4 Å². The van der Waals surface area contributed by atoms with Gasteiger partial charge in [0.25, 0.3) is 0 Å². The molecule has 0 aliphatic carbocycles. The van der Waals surface area contributed by atoms with Gasteiger partial charge in [-0.1, -0.05) is 35.9 Å². The molecule has 0 fully saturated rings. The topological polar surface area (TPSA) is 21.3 Å². The zero-order valence-corrected chi connectivity index (χ0v) is 12.8. The summed E-state index contributed by atoms with van der Waals surface area (Å²) in [5.74, 6) is 0.959. The quantitative estimate of drug-likeness (QED) is 0.888. The summed E-state index contributed by atoms with van der Waals surface area (Å²) in [7, 11) is 1.95. The van der Waals surface area contributed by atoms with E-state index in [0.29, 0.717) is 6.61 Å². The van der Waals surface area contributed by atoms with E-state index >= 15 is 0 Å². The Morgan fingerprint density at radius 3 is 2.30 bits per heavy atom. The summed E-state index contributed by atoms with van der Waals surface area (Å²) in [5.41, 5.74) is 6.38. The highest BCUT2D eigenvalue weighted by Gasteiger charge is 2.07. The van der Waals surface area contributed by atoms with E-state index in [0.717, 1.165) is 12.3 Å². The molecule has 1 N–H and O–H groups in total. The van der Waals surface area contributed by atoms with Crippen LogP contribution in [0.3, 0.4) is 0 Å². The minimum atomic E-state index is 0.624. The SMILES string of the molecule is CNCc1ccccc1OCc1c(C)cc(C)cc1C. The van der Waals surface area contributed by atoms with Crippen LogP contribution in [0.5, 0.6) is 5.75 Å². The number of benzene rings is 2. The van der Waals surface area contributed by atoms with Crippen molar-refractivity contribution in [3.63, 3.8) is 0 Å². The van der Waals surface area contributed by atoms with Gasteiger partial charge in [0.05, 0.1) is 0 Å². The third-order valence-corrected chi connectivity index (χ3v) is 3.55. The molecular formula is C18H23NO. The van der Waals surface area contributed by atoms with Crippen LogP contribution in [-0.2, 0) is 13.2 Å². The number of hydrogen-bond acceptors (Lipinski definition) is 2. The molecule has 0 heterocycles. The van der Waals surface area contributed by atoms with Crippen LogP contribution in [0, 0.1) is 20.8 Å². The summed E-state index contributed by atoms with van der Waals surface area (Å²) in [6.45, 7) is 7.88. The van der Waals surface area contributed by atoms with Gasteiger partial charge in [-0.2, -0.15) is 0 Å². The summed E-state index contributed by atoms with van der Waals surface area (Å²) >= 11 is 0. The largest absolute Gasteiger partial charge is 0.489 e. The summed E-state index contributed by atoms with van der Waals surface area (Å²) in [4.78, 5) is 0. The van der Waals surface area contributed by atoms with Crippen molar-refractivity contribution in [2.75, 3.05) is 7.05 Å². The van der Waals surface area contributed by atoms with Gasteiger partial charge >= 0.3 is 0 Å². The molecule has 2 rings (SSSR count). The van der Waals surface area contributed by atoms with Crippen LogP contribution < -0.4 is 10.1 Å². The van der Waals surface area contributed by atoms with Crippen molar-refractivity contribution < 1.29 is 4.74 Å². The molecular weight excluding hydrogens is 246 g/mol. The predicted molar refractivity (Wildman–Crippen MR) is 84.2 cm³/mol. The normalized spacial score (nSPS) is 10.6. The fourth-order valence-electron chi connectivity index (χ4n) is 2.57. The van der Waals surface area contributed by atoms with Crippen molar-refractivity contribution in [3.8, 4) is 5.75 Å². The summed E-state index contributed by atoms with van der Waals surface area (Å²) < 4.78 is 6.04. The Kier molecular flexibility index (Phi) is 4.80. The first-order valence-electron chi connectivity index (χ1n) is 7.04. The fraction of sp³-hybridized carbons (Fsp3) is 0.333. The van der Waals surface area contributed by atoms with Crippen LogP contribution in [0.2, 0.25) is 0 Å². The van der Waals surface area contributed by atoms with Crippen molar-refractivity contribution >= 4 is 0 Å². The first-order valence-corrected chi connectivity index (χ1v) is 7.04. The zero-order chi connectivity index (χ0) is 14.5. The Morgan fingerprint density at radius 1 is 1.00 bits per heavy atom. The van der Waals surface area contributed by atoms with Crippen molar-refractivity contribution in [2.45, 2.75) is 33.9 Å². The van der Waals surface area contributed by atoms with Crippen LogP contribution >= 0.6 is 0 Å². The number of para-hydroxylation sites is 1. The molecule has 0 unspecified atom stereocenters. The predicted octanol–water partition coefficient (Wildman–Crippen LogP) is 3.91. The Morgan fingerprint density at radius 2 is 1.65 bits per heavy atom. The molecule has 0 aliphatic heterocycles. The third kappa shape index (κ3) is 3.40. The minimum absolute atomic E-state index is 0.624. The van der Waals surface area contributed by atoms with Gasteiger partial charge in [-0.3, -0.25) is 0 Å². The molecule has 0 radical (unpaired) electrons. The summed E-state index contributed by atoms with van der Waals surface area (Å²) in [6, 6.07) is 12.6. The van der Waals surface area contributed by atoms with E-state index in [1.807, 2.05) is 25.2 Å². The molecule has 20 heavy (non-hydrogen) atoms. The van der Waals surface area contributed by atoms with Crippen molar-refractivity contribution in [1.29, 1.82) is 0 Å². The highest BCUT2D eigenvalue weighted by atomic mass is 16.5. The van der Waals surface area contributed by atoms with Gasteiger partial charge in [0.2, 0.25) is 0 Å². The van der Waals surface area contributed by atoms with Crippen LogP contribution in [0.25, 0.3) is 0 Å². The highest BCUT2D eigenvalue weighted by molar-refractivity contribution is 5.38. The first kappa shape index (κ1) is 14.6. The van der Waals surface area contributed by atoms with E-state index in [1.165, 1.54) is 27.8 Å². The summed E-state index contributed by atoms with van der Waals surface area (Å²) in [5, 5.41) is 3.17. The summed E-state index contributed by atoms with van der Waals surface area (Å²) in [6.07, 6.45) is 0. The second kappa shape index (κ2) is 6.58. The van der Waals surface area contributed by atoms with Gasteiger partial charge in [0, 0.05) is 12.1 Å². The molecule has 0 aliphatic rings. The molecule has 0 aromatic heterocycles. The van der Waals surface area contributed by atoms with Gasteiger partial charge < -0.3 is 10.1 Å². The molecule has 0 saturated heterocycles. The number of nitrogens with one attached hydrogen (secondary N) is 1. The molecule has 0 bridgehead atoms. The second-order valence-corrected chi connectivity index (χ2v) is 5.30. The van der Waals surface area contributed by atoms with E-state index < -0.39 is 0 Å². The Bertz CT molecular complexity index is 567. The molecule has 0 spiro atoms. The average Bonchev–Trinajstić information content (AvgIpc) is 2.39. The van der Waals surface area contributed by atoms with Gasteiger partial charge in [0.1, 0.15) is 12.4 Å². The van der Waals surface area contributed by atoms with Crippen LogP contribution in [0.4, 0.5) is 0 Å². The standard InChI is InChI=1S/C18H23NO/c1-13-9-14(2)17(15(3)10-13)12-20-18-8-6-5-7-16(18)11-19-4/h5-10,19H,11-12H2,1-4H3. The van der Waals surface area contributed by atoms with E-state index in [4.69, 9.17) is 4.74 Å². The fourth-order valence-corrected chi connectivity index (χ4v) is 2.57. The lowest BCUT2D eigenvalue weighted by Crippen LogP contribution is -2.08. The van der Waals surface area contributed by atoms with E-state index in [1.54, 1.807) is 0 Å². The van der Waals surface area contributed by atoms with Crippen molar-refractivity contribution in [3.05, 3.63) is 64.2 Å². The highest BCUT2D eigenvalue weighted by Crippen LogP contribution is 2.22. The second-order valence-electron chi connectivity index (χ2n) is 5.30. The van der Waals surface area contributed by atoms with E-state index in [9.17, 15) is 0 Å². The lowest BCUT2D eigenvalue weighted by molar-refractivity contribution is 0.301. The average molecular weight is 269 g/mol. The Labute approximate surface area is 121 Å². The molecule has 2 heteroatoms. The monoisotopic (exact) mass is 269 g/mol. The third-order valence-electron chi connectivity index (χ3n) is 3.55. The molecule has 106 valence electrons. The number of aryl methyl sites for hydroxylation is 3. The Hall–Kier alpha value is -1.80. The van der Waals surface area contributed by atoms with Gasteiger partial charge in [0.15, 0.2) is 0 Å². The Balaban J connectivity index is 2.17. The van der Waals surface area contributed by atoms with Crippen molar-refractivity contribution in [2.24, 2.45) is 0 Å². The lowest BCUT2D eigenvalue weighted by Gasteiger charge is -2.15. The van der Waals surface area contributed by atoms with Gasteiger partial charge in [-0.25, -0.2) is 0 Å². The molecule has 2 aromatic rings. The van der Waals surface area contributed by atoms with Crippen LogP contribution in [0.1, 0.15) is 27.8 Å². The molecule has 0 atom stereocenters. The lowest BCUT2D eigenvalue weighted by atomic mass is 10.0. The van der Waals surface area contributed by atoms with Gasteiger partial charge in [-0.05, 0) is 50.6 Å². The maximum absolute atomic E-state index is 6.04. The molecule has 2 nitrogen and oxygen atoms in total. The van der Waals surface area contributed by atoms with Crippen molar-refractivity contribution in [1.82, 2.24) is 5.32 Å². The smallest absolute Gasteiger partial charge is 0.124 e. The number of rotatable bonds is 5. The maximum atomic E-state index is 6.04. The number of hydrogen-bond donors (Lipinski definition) is 1. The van der Waals surface area contributed by atoms with E-state index in [2.05, 4.69) is 44.3 Å². The zero-order valence-electron chi connectivity index (χ0n) is 12.8. The molecule has 0 saturated carbocycles. The van der Waals surface area contributed by atoms with Crippen LogP contribution in [-0.4, -0.2) is 7.05 Å². The maximum Gasteiger partial charge on any atom is 0.124 e. The number of ether oxygens (including phenoxy) is 1. The molecule has 2 aromatic carbocycles. The molecule has 0 amide bonds.